The molecule has 87 valence electrons. The number of nitrogens with zero attached hydrogens (tertiary/aromatic N) is 1. The van der Waals surface area contributed by atoms with Gasteiger partial charge >= 0.3 is 5.97 Å². The third-order valence-electron chi connectivity index (χ3n) is 2.27. The Morgan fingerprint density at radius 3 is 2.35 bits per heavy atom. The molecule has 0 unspecified atom stereocenters. The molecule has 0 atom stereocenters. The highest BCUT2D eigenvalue weighted by Gasteiger charge is 2.16. The number of carboxylic acids is 1. The van der Waals surface area contributed by atoms with Crippen LogP contribution in [-0.4, -0.2) is 35.0 Å². The van der Waals surface area contributed by atoms with Crippen LogP contribution in [0.3, 0.4) is 0 Å². The molecule has 17 heavy (non-hydrogen) atoms. The zero-order chi connectivity index (χ0) is 12.8. The number of carbonyl (C=O) groups is 2. The number of amides is 1. The topological polar surface area (TPSA) is 57.6 Å². The van der Waals surface area contributed by atoms with Gasteiger partial charge in [-0.2, -0.15) is 0 Å². The number of rotatable bonds is 4. The van der Waals surface area contributed by atoms with Gasteiger partial charge in [0.05, 0.1) is 0 Å². The Hall–Kier alpha value is -2.28. The van der Waals surface area contributed by atoms with Gasteiger partial charge in [0.15, 0.2) is 0 Å². The minimum Gasteiger partial charge on any atom is -0.480 e. The summed E-state index contributed by atoms with van der Waals surface area (Å²) in [6, 6.07) is 6.30. The van der Waals surface area contributed by atoms with Crippen LogP contribution in [0.25, 0.3) is 0 Å². The second-order valence-corrected chi connectivity index (χ2v) is 3.42. The molecule has 1 N–H and O–H groups in total. The van der Waals surface area contributed by atoms with E-state index in [1.54, 1.807) is 31.2 Å². The Balaban J connectivity index is 2.86. The van der Waals surface area contributed by atoms with Gasteiger partial charge in [-0.25, -0.2) is 0 Å². The molecule has 0 heterocycles. The fourth-order valence-corrected chi connectivity index (χ4v) is 1.37. The molecule has 0 fully saturated rings. The lowest BCUT2D eigenvalue weighted by atomic mass is 10.1. The zero-order valence-electron chi connectivity index (χ0n) is 9.43. The lowest BCUT2D eigenvalue weighted by Crippen LogP contribution is -2.35. The van der Waals surface area contributed by atoms with Crippen molar-refractivity contribution in [2.75, 3.05) is 13.1 Å². The highest BCUT2D eigenvalue weighted by molar-refractivity contribution is 5.95. The third kappa shape index (κ3) is 3.35. The summed E-state index contributed by atoms with van der Waals surface area (Å²) in [5.41, 5.74) is 0.981. The molecule has 1 rings (SSSR count). The van der Waals surface area contributed by atoms with Crippen LogP contribution >= 0.6 is 0 Å². The lowest BCUT2D eigenvalue weighted by molar-refractivity contribution is -0.137. The molecule has 0 aliphatic rings. The minimum atomic E-state index is -1.04. The first-order valence-electron chi connectivity index (χ1n) is 5.12. The Kier molecular flexibility index (Phi) is 4.29. The number of aliphatic carboxylic acids is 1. The molecule has 1 aromatic rings. The van der Waals surface area contributed by atoms with Crippen LogP contribution in [0.4, 0.5) is 0 Å². The van der Waals surface area contributed by atoms with E-state index < -0.39 is 5.97 Å². The van der Waals surface area contributed by atoms with Gasteiger partial charge in [-0.1, -0.05) is 5.92 Å². The van der Waals surface area contributed by atoms with Crippen LogP contribution in [0.2, 0.25) is 0 Å². The zero-order valence-corrected chi connectivity index (χ0v) is 9.43. The SMILES string of the molecule is [C]#Cc1ccc(C(=O)N(CC)CC(=O)O)cc1. The van der Waals surface area contributed by atoms with E-state index in [9.17, 15) is 9.59 Å². The predicted octanol–water partition coefficient (Wildman–Crippen LogP) is 1.17. The number of hydrogen-bond acceptors (Lipinski definition) is 2. The molecule has 0 saturated carbocycles. The molecule has 0 bridgehead atoms. The van der Waals surface area contributed by atoms with Crippen molar-refractivity contribution < 1.29 is 14.7 Å². The molecular formula is C13H12NO3. The molecule has 0 aromatic heterocycles. The quantitative estimate of drug-likeness (QED) is 0.790. The molecule has 0 spiro atoms. The van der Waals surface area contributed by atoms with E-state index in [0.29, 0.717) is 17.7 Å². The molecule has 0 aliphatic carbocycles. The average molecular weight is 230 g/mol. The van der Waals surface area contributed by atoms with Gasteiger partial charge in [-0.15, -0.1) is 0 Å². The van der Waals surface area contributed by atoms with E-state index in [2.05, 4.69) is 5.92 Å². The summed E-state index contributed by atoms with van der Waals surface area (Å²) in [6.07, 6.45) is 6.91. The van der Waals surface area contributed by atoms with Crippen LogP contribution in [0.5, 0.6) is 0 Å². The number of likely N-dealkylation sites (N-methyl/N-ethyl adjacent to an activating group) is 1. The van der Waals surface area contributed by atoms with Crippen LogP contribution in [-0.2, 0) is 4.79 Å². The Bertz CT molecular complexity index is 457. The summed E-state index contributed by atoms with van der Waals surface area (Å²) in [6.45, 7) is 1.75. The number of hydrogen-bond donors (Lipinski definition) is 1. The number of carboxylic acid groups (broad SMARTS) is 1. The van der Waals surface area contributed by atoms with Crippen molar-refractivity contribution >= 4 is 11.9 Å². The van der Waals surface area contributed by atoms with E-state index in [4.69, 9.17) is 11.5 Å². The summed E-state index contributed by atoms with van der Waals surface area (Å²) >= 11 is 0. The van der Waals surface area contributed by atoms with E-state index in [-0.39, 0.29) is 12.5 Å². The maximum absolute atomic E-state index is 11.9. The Labute approximate surface area is 99.9 Å². The maximum Gasteiger partial charge on any atom is 0.323 e. The summed E-state index contributed by atoms with van der Waals surface area (Å²) in [5.74, 6) is 0.835. The first-order chi connectivity index (χ1) is 8.08. The molecule has 1 radical (unpaired) electrons. The normalized spacial score (nSPS) is 9.41. The second-order valence-electron chi connectivity index (χ2n) is 3.42. The maximum atomic E-state index is 11.9. The number of benzene rings is 1. The summed E-state index contributed by atoms with van der Waals surface area (Å²) in [7, 11) is 0. The van der Waals surface area contributed by atoms with Gasteiger partial charge < -0.3 is 10.0 Å². The summed E-state index contributed by atoms with van der Waals surface area (Å²) in [4.78, 5) is 23.7. The van der Waals surface area contributed by atoms with Crippen molar-refractivity contribution in [2.45, 2.75) is 6.92 Å². The van der Waals surface area contributed by atoms with Gasteiger partial charge in [0.1, 0.15) is 6.54 Å². The molecule has 4 heteroatoms. The summed E-state index contributed by atoms with van der Waals surface area (Å²) in [5, 5.41) is 8.66. The monoisotopic (exact) mass is 230 g/mol. The van der Waals surface area contributed by atoms with Crippen molar-refractivity contribution in [2.24, 2.45) is 0 Å². The first kappa shape index (κ1) is 12.8. The van der Waals surface area contributed by atoms with Crippen molar-refractivity contribution in [3.63, 3.8) is 0 Å². The fourth-order valence-electron chi connectivity index (χ4n) is 1.37. The van der Waals surface area contributed by atoms with Gasteiger partial charge in [0.2, 0.25) is 0 Å². The van der Waals surface area contributed by atoms with Crippen LogP contribution in [0, 0.1) is 12.3 Å². The Morgan fingerprint density at radius 2 is 1.94 bits per heavy atom. The van der Waals surface area contributed by atoms with Gasteiger partial charge in [-0.3, -0.25) is 9.59 Å². The predicted molar refractivity (Wildman–Crippen MR) is 61.9 cm³/mol. The van der Waals surface area contributed by atoms with E-state index >= 15 is 0 Å². The van der Waals surface area contributed by atoms with Crippen molar-refractivity contribution in [1.29, 1.82) is 0 Å². The molecule has 1 amide bonds. The smallest absolute Gasteiger partial charge is 0.323 e. The van der Waals surface area contributed by atoms with Crippen molar-refractivity contribution in [3.05, 3.63) is 41.8 Å². The first-order valence-corrected chi connectivity index (χ1v) is 5.12. The molecule has 1 aromatic carbocycles. The summed E-state index contributed by atoms with van der Waals surface area (Å²) < 4.78 is 0. The average Bonchev–Trinajstić information content (AvgIpc) is 2.35. The molecule has 0 saturated heterocycles. The molecule has 4 nitrogen and oxygen atoms in total. The highest BCUT2D eigenvalue weighted by atomic mass is 16.4. The highest BCUT2D eigenvalue weighted by Crippen LogP contribution is 2.07. The molecule has 0 aliphatic heterocycles. The lowest BCUT2D eigenvalue weighted by Gasteiger charge is -2.18. The van der Waals surface area contributed by atoms with Crippen molar-refractivity contribution in [3.8, 4) is 5.92 Å². The Morgan fingerprint density at radius 1 is 1.35 bits per heavy atom. The standard InChI is InChI=1S/C13H12NO3/c1-3-10-5-7-11(8-6-10)13(17)14(4-2)9-12(15)16/h5-8H,4,9H2,2H3,(H,15,16). The second kappa shape index (κ2) is 5.71. The van der Waals surface area contributed by atoms with Crippen LogP contribution in [0.1, 0.15) is 22.8 Å². The van der Waals surface area contributed by atoms with E-state index in [1.165, 1.54) is 4.90 Å². The van der Waals surface area contributed by atoms with Crippen LogP contribution in [0.15, 0.2) is 24.3 Å². The largest absolute Gasteiger partial charge is 0.480 e. The molecular weight excluding hydrogens is 218 g/mol. The number of carbonyl (C=O) groups excluding carboxylic acids is 1. The van der Waals surface area contributed by atoms with Crippen molar-refractivity contribution in [1.82, 2.24) is 4.90 Å². The van der Waals surface area contributed by atoms with Gasteiger partial charge in [-0.05, 0) is 37.6 Å². The fraction of sp³-hybridized carbons (Fsp3) is 0.231. The third-order valence-corrected chi connectivity index (χ3v) is 2.27. The minimum absolute atomic E-state index is 0.312. The van der Waals surface area contributed by atoms with E-state index in [0.717, 1.165) is 0 Å². The van der Waals surface area contributed by atoms with Gasteiger partial charge in [0.25, 0.3) is 5.91 Å². The van der Waals surface area contributed by atoms with E-state index in [1.807, 2.05) is 0 Å². The van der Waals surface area contributed by atoms with Gasteiger partial charge in [0, 0.05) is 17.7 Å². The van der Waals surface area contributed by atoms with Crippen LogP contribution < -0.4 is 0 Å².